The van der Waals surface area contributed by atoms with Gasteiger partial charge in [-0.25, -0.2) is 0 Å². The lowest BCUT2D eigenvalue weighted by Crippen LogP contribution is -2.12. The number of hydrogen-bond donors (Lipinski definition) is 1. The SMILES string of the molecule is Cc1cc(C)c(C(N)c2ccc(Br)s2)cc1C. The zero-order valence-electron chi connectivity index (χ0n) is 10.3. The number of halogens is 1. The quantitative estimate of drug-likeness (QED) is 0.869. The summed E-state index contributed by atoms with van der Waals surface area (Å²) < 4.78 is 1.13. The molecule has 2 aromatic rings. The van der Waals surface area contributed by atoms with Crippen molar-refractivity contribution in [2.24, 2.45) is 5.73 Å². The first-order valence-corrected chi connectivity index (χ1v) is 7.18. The van der Waals surface area contributed by atoms with Gasteiger partial charge in [0.05, 0.1) is 9.83 Å². The minimum Gasteiger partial charge on any atom is -0.320 e. The van der Waals surface area contributed by atoms with Crippen LogP contribution in [0.25, 0.3) is 0 Å². The fourth-order valence-electron chi connectivity index (χ4n) is 1.97. The summed E-state index contributed by atoms with van der Waals surface area (Å²) in [5, 5.41) is 0. The van der Waals surface area contributed by atoms with Crippen molar-refractivity contribution < 1.29 is 0 Å². The van der Waals surface area contributed by atoms with Gasteiger partial charge in [-0.3, -0.25) is 0 Å². The smallest absolute Gasteiger partial charge is 0.0702 e. The van der Waals surface area contributed by atoms with Gasteiger partial charge in [0.15, 0.2) is 0 Å². The number of thiophene rings is 1. The number of rotatable bonds is 2. The monoisotopic (exact) mass is 309 g/mol. The first-order valence-electron chi connectivity index (χ1n) is 5.57. The molecule has 1 aromatic carbocycles. The normalized spacial score (nSPS) is 12.8. The summed E-state index contributed by atoms with van der Waals surface area (Å²) in [6, 6.07) is 8.55. The van der Waals surface area contributed by atoms with Gasteiger partial charge in [0.1, 0.15) is 0 Å². The summed E-state index contributed by atoms with van der Waals surface area (Å²) in [6.45, 7) is 6.40. The first kappa shape index (κ1) is 12.8. The lowest BCUT2D eigenvalue weighted by atomic mass is 9.95. The predicted molar refractivity (Wildman–Crippen MR) is 78.7 cm³/mol. The molecule has 1 aromatic heterocycles. The number of nitrogens with two attached hydrogens (primary N) is 1. The average Bonchev–Trinajstić information content (AvgIpc) is 2.69. The topological polar surface area (TPSA) is 26.0 Å². The van der Waals surface area contributed by atoms with Crippen molar-refractivity contribution in [1.29, 1.82) is 0 Å². The largest absolute Gasteiger partial charge is 0.320 e. The second-order valence-corrected chi connectivity index (χ2v) is 6.91. The van der Waals surface area contributed by atoms with Gasteiger partial charge < -0.3 is 5.73 Å². The Labute approximate surface area is 115 Å². The summed E-state index contributed by atoms with van der Waals surface area (Å²) in [6.07, 6.45) is 0. The van der Waals surface area contributed by atoms with Gasteiger partial charge in [-0.15, -0.1) is 11.3 Å². The molecule has 0 aliphatic heterocycles. The van der Waals surface area contributed by atoms with Gasteiger partial charge in [-0.05, 0) is 71.1 Å². The van der Waals surface area contributed by atoms with E-state index in [1.54, 1.807) is 11.3 Å². The highest BCUT2D eigenvalue weighted by Crippen LogP contribution is 2.31. The fraction of sp³-hybridized carbons (Fsp3) is 0.286. The molecule has 1 atom stereocenters. The van der Waals surface area contributed by atoms with Crippen LogP contribution in [-0.4, -0.2) is 0 Å². The van der Waals surface area contributed by atoms with Crippen molar-refractivity contribution in [3.05, 3.63) is 55.2 Å². The standard InChI is InChI=1S/C14H16BrNS/c1-8-6-10(3)11(7-9(8)2)14(16)12-4-5-13(15)17-12/h4-7,14H,16H2,1-3H3. The van der Waals surface area contributed by atoms with Crippen molar-refractivity contribution >= 4 is 27.3 Å². The van der Waals surface area contributed by atoms with Crippen LogP contribution >= 0.6 is 27.3 Å². The van der Waals surface area contributed by atoms with Crippen LogP contribution in [0, 0.1) is 20.8 Å². The molecule has 0 fully saturated rings. The van der Waals surface area contributed by atoms with E-state index in [1.165, 1.54) is 27.1 Å². The highest BCUT2D eigenvalue weighted by molar-refractivity contribution is 9.11. The second kappa shape index (κ2) is 4.92. The summed E-state index contributed by atoms with van der Waals surface area (Å²) in [5.41, 5.74) is 11.5. The zero-order chi connectivity index (χ0) is 12.6. The lowest BCUT2D eigenvalue weighted by molar-refractivity contribution is 0.879. The molecule has 1 unspecified atom stereocenters. The molecule has 17 heavy (non-hydrogen) atoms. The van der Waals surface area contributed by atoms with Gasteiger partial charge in [0.2, 0.25) is 0 Å². The van der Waals surface area contributed by atoms with E-state index < -0.39 is 0 Å². The third-order valence-electron chi connectivity index (χ3n) is 3.12. The molecule has 0 saturated heterocycles. The predicted octanol–water partition coefficient (Wildman–Crippen LogP) is 4.48. The minimum atomic E-state index is -0.0226. The Bertz CT molecular complexity index is 545. The third kappa shape index (κ3) is 2.62. The molecule has 3 heteroatoms. The van der Waals surface area contributed by atoms with E-state index in [4.69, 9.17) is 5.73 Å². The maximum absolute atomic E-state index is 6.34. The molecule has 0 spiro atoms. The van der Waals surface area contributed by atoms with Gasteiger partial charge in [0.25, 0.3) is 0 Å². The van der Waals surface area contributed by atoms with Gasteiger partial charge in [0, 0.05) is 4.88 Å². The molecule has 1 nitrogen and oxygen atoms in total. The Morgan fingerprint density at radius 1 is 1.06 bits per heavy atom. The van der Waals surface area contributed by atoms with E-state index in [1.807, 2.05) is 0 Å². The fourth-order valence-corrected chi connectivity index (χ4v) is 3.41. The highest BCUT2D eigenvalue weighted by atomic mass is 79.9. The molecule has 2 N–H and O–H groups in total. The van der Waals surface area contributed by atoms with E-state index in [2.05, 4.69) is 61.0 Å². The molecule has 0 saturated carbocycles. The Hall–Kier alpha value is -0.640. The van der Waals surface area contributed by atoms with E-state index >= 15 is 0 Å². The Balaban J connectivity index is 2.43. The van der Waals surface area contributed by atoms with E-state index in [9.17, 15) is 0 Å². The Kier molecular flexibility index (Phi) is 3.71. The highest BCUT2D eigenvalue weighted by Gasteiger charge is 2.14. The summed E-state index contributed by atoms with van der Waals surface area (Å²) >= 11 is 5.18. The van der Waals surface area contributed by atoms with E-state index in [-0.39, 0.29) is 6.04 Å². The van der Waals surface area contributed by atoms with Crippen LogP contribution in [0.1, 0.15) is 33.2 Å². The summed E-state index contributed by atoms with van der Waals surface area (Å²) in [5.74, 6) is 0. The average molecular weight is 310 g/mol. The Morgan fingerprint density at radius 3 is 2.29 bits per heavy atom. The van der Waals surface area contributed by atoms with Crippen molar-refractivity contribution in [3.63, 3.8) is 0 Å². The van der Waals surface area contributed by atoms with Crippen LogP contribution in [0.2, 0.25) is 0 Å². The van der Waals surface area contributed by atoms with Crippen LogP contribution < -0.4 is 5.73 Å². The maximum atomic E-state index is 6.34. The van der Waals surface area contributed by atoms with Crippen molar-refractivity contribution in [1.82, 2.24) is 0 Å². The van der Waals surface area contributed by atoms with Crippen LogP contribution in [0.15, 0.2) is 28.1 Å². The molecule has 90 valence electrons. The maximum Gasteiger partial charge on any atom is 0.0702 e. The Morgan fingerprint density at radius 2 is 1.71 bits per heavy atom. The van der Waals surface area contributed by atoms with Gasteiger partial charge >= 0.3 is 0 Å². The van der Waals surface area contributed by atoms with Crippen LogP contribution in [0.5, 0.6) is 0 Å². The first-order chi connectivity index (χ1) is 7.99. The molecule has 0 amide bonds. The number of hydrogen-bond acceptors (Lipinski definition) is 2. The minimum absolute atomic E-state index is 0.0226. The zero-order valence-corrected chi connectivity index (χ0v) is 12.7. The molecular weight excluding hydrogens is 294 g/mol. The molecular formula is C14H16BrNS. The van der Waals surface area contributed by atoms with Crippen LogP contribution in [0.3, 0.4) is 0 Å². The molecule has 1 heterocycles. The van der Waals surface area contributed by atoms with Crippen LogP contribution in [-0.2, 0) is 0 Å². The molecule has 2 rings (SSSR count). The number of benzene rings is 1. The van der Waals surface area contributed by atoms with Crippen molar-refractivity contribution in [2.75, 3.05) is 0 Å². The van der Waals surface area contributed by atoms with Gasteiger partial charge in [-0.2, -0.15) is 0 Å². The van der Waals surface area contributed by atoms with Crippen molar-refractivity contribution in [2.45, 2.75) is 26.8 Å². The molecule has 0 aliphatic rings. The van der Waals surface area contributed by atoms with Crippen molar-refractivity contribution in [3.8, 4) is 0 Å². The molecule has 0 aliphatic carbocycles. The van der Waals surface area contributed by atoms with E-state index in [0.717, 1.165) is 3.79 Å². The van der Waals surface area contributed by atoms with Crippen LogP contribution in [0.4, 0.5) is 0 Å². The van der Waals surface area contributed by atoms with E-state index in [0.29, 0.717) is 0 Å². The summed E-state index contributed by atoms with van der Waals surface area (Å²) in [7, 11) is 0. The molecule has 0 bridgehead atoms. The second-order valence-electron chi connectivity index (χ2n) is 4.41. The lowest BCUT2D eigenvalue weighted by Gasteiger charge is -2.15. The van der Waals surface area contributed by atoms with Gasteiger partial charge in [-0.1, -0.05) is 12.1 Å². The molecule has 0 radical (unpaired) electrons. The third-order valence-corrected chi connectivity index (χ3v) is 4.82. The summed E-state index contributed by atoms with van der Waals surface area (Å²) in [4.78, 5) is 1.20. The number of aryl methyl sites for hydroxylation is 3.